The Kier molecular flexibility index (Phi) is 4.52. The first-order valence-corrected chi connectivity index (χ1v) is 7.64. The fourth-order valence-corrected chi connectivity index (χ4v) is 2.56. The van der Waals surface area contributed by atoms with Crippen LogP contribution in [0.1, 0.15) is 20.7 Å². The highest BCUT2D eigenvalue weighted by Crippen LogP contribution is 2.22. The van der Waals surface area contributed by atoms with E-state index in [0.29, 0.717) is 16.6 Å². The zero-order valence-electron chi connectivity index (χ0n) is 13.7. The van der Waals surface area contributed by atoms with Crippen LogP contribution in [0.3, 0.4) is 0 Å². The number of nitrogens with zero attached hydrogens (tertiary/aromatic N) is 1. The summed E-state index contributed by atoms with van der Waals surface area (Å²) in [7, 11) is 1.59. The van der Waals surface area contributed by atoms with Crippen LogP contribution >= 0.6 is 0 Å². The van der Waals surface area contributed by atoms with Crippen LogP contribution in [0, 0.1) is 10.1 Å². The Balaban J connectivity index is 1.77. The summed E-state index contributed by atoms with van der Waals surface area (Å²) in [5, 5.41) is 14.4. The van der Waals surface area contributed by atoms with Gasteiger partial charge in [-0.3, -0.25) is 30.6 Å². The van der Waals surface area contributed by atoms with Gasteiger partial charge in [-0.2, -0.15) is 0 Å². The van der Waals surface area contributed by atoms with E-state index in [1.54, 1.807) is 25.4 Å². The Hall–Kier alpha value is -3.88. The minimum absolute atomic E-state index is 0.0425. The molecule has 3 aromatic rings. The number of hydrogen-bond donors (Lipinski definition) is 4. The second kappa shape index (κ2) is 6.93. The largest absolute Gasteiger partial charge is 0.387 e. The van der Waals surface area contributed by atoms with Crippen LogP contribution in [0.15, 0.2) is 48.7 Å². The fourth-order valence-electron chi connectivity index (χ4n) is 2.56. The first kappa shape index (κ1) is 17.0. The number of nitro groups is 1. The van der Waals surface area contributed by atoms with E-state index in [0.717, 1.165) is 11.6 Å². The highest BCUT2D eigenvalue weighted by Gasteiger charge is 2.18. The number of nitro benzene ring substituents is 1. The number of fused-ring (bicyclic) bond motifs is 1. The number of nitrogens with one attached hydrogen (secondary N) is 4. The number of carbonyl (C=O) groups is 2. The Morgan fingerprint density at radius 1 is 1.04 bits per heavy atom. The molecule has 1 heterocycles. The van der Waals surface area contributed by atoms with Crippen molar-refractivity contribution in [2.45, 2.75) is 0 Å². The summed E-state index contributed by atoms with van der Waals surface area (Å²) in [6.45, 7) is 0. The molecule has 0 spiro atoms. The molecule has 0 unspecified atom stereocenters. The van der Waals surface area contributed by atoms with Crippen molar-refractivity contribution in [1.29, 1.82) is 0 Å². The van der Waals surface area contributed by atoms with Crippen molar-refractivity contribution < 1.29 is 14.5 Å². The summed E-state index contributed by atoms with van der Waals surface area (Å²) in [6, 6.07) is 11.1. The Labute approximate surface area is 147 Å². The molecule has 1 aromatic heterocycles. The van der Waals surface area contributed by atoms with Gasteiger partial charge in [-0.1, -0.05) is 18.2 Å². The van der Waals surface area contributed by atoms with Crippen LogP contribution in [0.2, 0.25) is 0 Å². The molecule has 132 valence electrons. The Bertz CT molecular complexity index is 1010. The molecular formula is C17H15N5O4. The van der Waals surface area contributed by atoms with Crippen LogP contribution in [0.25, 0.3) is 10.9 Å². The summed E-state index contributed by atoms with van der Waals surface area (Å²) in [6.07, 6.45) is 1.54. The zero-order chi connectivity index (χ0) is 18.7. The third-order valence-corrected chi connectivity index (χ3v) is 3.85. The number of H-pyrrole nitrogens is 1. The number of aromatic nitrogens is 1. The lowest BCUT2D eigenvalue weighted by molar-refractivity contribution is -0.384. The lowest BCUT2D eigenvalue weighted by Crippen LogP contribution is -2.41. The maximum Gasteiger partial charge on any atom is 0.272 e. The molecule has 9 nitrogen and oxygen atoms in total. The van der Waals surface area contributed by atoms with Crippen molar-refractivity contribution >= 4 is 34.1 Å². The molecule has 0 atom stereocenters. The van der Waals surface area contributed by atoms with E-state index >= 15 is 0 Å². The van der Waals surface area contributed by atoms with Crippen molar-refractivity contribution in [1.82, 2.24) is 15.8 Å². The molecule has 4 N–H and O–H groups in total. The van der Waals surface area contributed by atoms with Crippen molar-refractivity contribution in [2.24, 2.45) is 0 Å². The number of benzene rings is 2. The minimum Gasteiger partial charge on any atom is -0.387 e. The molecule has 0 aliphatic rings. The third-order valence-electron chi connectivity index (χ3n) is 3.85. The number of rotatable bonds is 4. The number of non-ortho nitro benzene ring substituents is 1. The average molecular weight is 353 g/mol. The molecule has 0 bridgehead atoms. The van der Waals surface area contributed by atoms with Crippen molar-refractivity contribution in [2.75, 3.05) is 12.4 Å². The van der Waals surface area contributed by atoms with Gasteiger partial charge in [-0.15, -0.1) is 0 Å². The summed E-state index contributed by atoms with van der Waals surface area (Å²) in [5.41, 5.74) is 5.97. The van der Waals surface area contributed by atoms with Crippen LogP contribution in [0.5, 0.6) is 0 Å². The van der Waals surface area contributed by atoms with E-state index in [1.807, 2.05) is 12.1 Å². The first-order valence-electron chi connectivity index (χ1n) is 7.64. The maximum absolute atomic E-state index is 12.3. The summed E-state index contributed by atoms with van der Waals surface area (Å²) in [5.74, 6) is -1.18. The molecular weight excluding hydrogens is 338 g/mol. The summed E-state index contributed by atoms with van der Waals surface area (Å²) < 4.78 is 0. The van der Waals surface area contributed by atoms with Crippen LogP contribution in [0.4, 0.5) is 11.4 Å². The van der Waals surface area contributed by atoms with Gasteiger partial charge in [0.25, 0.3) is 17.5 Å². The molecule has 26 heavy (non-hydrogen) atoms. The van der Waals surface area contributed by atoms with Gasteiger partial charge in [-0.25, -0.2) is 0 Å². The van der Waals surface area contributed by atoms with Crippen LogP contribution < -0.4 is 16.2 Å². The van der Waals surface area contributed by atoms with Gasteiger partial charge in [0.2, 0.25) is 0 Å². The number of para-hydroxylation sites is 1. The lowest BCUT2D eigenvalue weighted by atomic mass is 10.1. The van der Waals surface area contributed by atoms with Gasteiger partial charge < -0.3 is 10.3 Å². The van der Waals surface area contributed by atoms with E-state index in [4.69, 9.17) is 0 Å². The van der Waals surface area contributed by atoms with Crippen molar-refractivity contribution in [3.05, 3.63) is 69.9 Å². The smallest absolute Gasteiger partial charge is 0.272 e. The van der Waals surface area contributed by atoms with E-state index in [1.165, 1.54) is 12.1 Å². The van der Waals surface area contributed by atoms with Gasteiger partial charge in [0, 0.05) is 42.0 Å². The molecule has 3 rings (SSSR count). The SMILES string of the molecule is CNc1ccc([N+](=O)[O-])cc1C(=O)NNC(=O)c1c[nH]c2ccccc12. The van der Waals surface area contributed by atoms with E-state index in [2.05, 4.69) is 21.2 Å². The second-order valence-corrected chi connectivity index (χ2v) is 5.39. The number of hydrogen-bond acceptors (Lipinski definition) is 5. The monoisotopic (exact) mass is 353 g/mol. The minimum atomic E-state index is -0.675. The predicted octanol–water partition coefficient (Wildman–Crippen LogP) is 2.19. The molecule has 9 heteroatoms. The molecule has 0 radical (unpaired) electrons. The molecule has 0 saturated heterocycles. The molecule has 0 fully saturated rings. The zero-order valence-corrected chi connectivity index (χ0v) is 13.7. The van der Waals surface area contributed by atoms with Gasteiger partial charge >= 0.3 is 0 Å². The average Bonchev–Trinajstić information content (AvgIpc) is 3.09. The van der Waals surface area contributed by atoms with Gasteiger partial charge in [0.05, 0.1) is 16.1 Å². The van der Waals surface area contributed by atoms with Gasteiger partial charge in [0.15, 0.2) is 0 Å². The quantitative estimate of drug-likeness (QED) is 0.422. The highest BCUT2D eigenvalue weighted by atomic mass is 16.6. The lowest BCUT2D eigenvalue weighted by Gasteiger charge is -2.10. The van der Waals surface area contributed by atoms with Crippen LogP contribution in [-0.2, 0) is 0 Å². The van der Waals surface area contributed by atoms with Crippen LogP contribution in [-0.4, -0.2) is 28.8 Å². The predicted molar refractivity (Wildman–Crippen MR) is 95.9 cm³/mol. The van der Waals surface area contributed by atoms with Gasteiger partial charge in [-0.05, 0) is 12.1 Å². The summed E-state index contributed by atoms with van der Waals surface area (Å²) in [4.78, 5) is 37.9. The number of amides is 2. The molecule has 2 amide bonds. The van der Waals surface area contributed by atoms with E-state index in [-0.39, 0.29) is 11.3 Å². The van der Waals surface area contributed by atoms with E-state index < -0.39 is 16.7 Å². The van der Waals surface area contributed by atoms with Crippen molar-refractivity contribution in [3.63, 3.8) is 0 Å². The number of anilines is 1. The number of hydrazine groups is 1. The standard InChI is InChI=1S/C17H15N5O4/c1-18-14-7-6-10(22(25)26)8-12(14)16(23)20-21-17(24)13-9-19-15-5-3-2-4-11(13)15/h2-9,18-19H,1H3,(H,20,23)(H,21,24). The second-order valence-electron chi connectivity index (χ2n) is 5.39. The fraction of sp³-hybridized carbons (Fsp3) is 0.0588. The molecule has 0 aliphatic heterocycles. The molecule has 2 aromatic carbocycles. The Morgan fingerprint density at radius 2 is 1.73 bits per heavy atom. The number of carbonyl (C=O) groups excluding carboxylic acids is 2. The first-order chi connectivity index (χ1) is 12.5. The molecule has 0 saturated carbocycles. The third kappa shape index (κ3) is 3.18. The number of aromatic amines is 1. The molecule has 0 aliphatic carbocycles. The van der Waals surface area contributed by atoms with Crippen molar-refractivity contribution in [3.8, 4) is 0 Å². The normalized spacial score (nSPS) is 10.3. The topological polar surface area (TPSA) is 129 Å². The Morgan fingerprint density at radius 3 is 2.42 bits per heavy atom. The highest BCUT2D eigenvalue weighted by molar-refractivity contribution is 6.08. The van der Waals surface area contributed by atoms with E-state index in [9.17, 15) is 19.7 Å². The van der Waals surface area contributed by atoms with Gasteiger partial charge in [0.1, 0.15) is 0 Å². The maximum atomic E-state index is 12.3. The summed E-state index contributed by atoms with van der Waals surface area (Å²) >= 11 is 0.